The molecule has 1 aromatic carbocycles. The van der Waals surface area contributed by atoms with E-state index in [1.807, 2.05) is 51.2 Å². The number of benzene rings is 1. The van der Waals surface area contributed by atoms with Crippen molar-refractivity contribution in [1.29, 1.82) is 0 Å². The zero-order valence-corrected chi connectivity index (χ0v) is 11.3. The van der Waals surface area contributed by atoms with Gasteiger partial charge in [0.1, 0.15) is 5.60 Å². The van der Waals surface area contributed by atoms with Crippen molar-refractivity contribution in [3.63, 3.8) is 0 Å². The number of para-hydroxylation sites is 2. The van der Waals surface area contributed by atoms with Gasteiger partial charge in [0.25, 0.3) is 0 Å². The van der Waals surface area contributed by atoms with Gasteiger partial charge in [-0.05, 0) is 39.0 Å². The average molecular weight is 259 g/mol. The van der Waals surface area contributed by atoms with Crippen LogP contribution in [0.25, 0.3) is 5.69 Å². The average Bonchev–Trinajstić information content (AvgIpc) is 2.80. The molecular formula is C14H17N3O2. The fraction of sp³-hybridized carbons (Fsp3) is 0.286. The quantitative estimate of drug-likeness (QED) is 0.900. The minimum absolute atomic E-state index is 0.480. The second-order valence-electron chi connectivity index (χ2n) is 5.09. The molecule has 0 saturated carbocycles. The summed E-state index contributed by atoms with van der Waals surface area (Å²) >= 11 is 0. The van der Waals surface area contributed by atoms with Gasteiger partial charge in [0.15, 0.2) is 0 Å². The Morgan fingerprint density at radius 2 is 2.00 bits per heavy atom. The molecule has 19 heavy (non-hydrogen) atoms. The lowest BCUT2D eigenvalue weighted by molar-refractivity contribution is 0.0636. The van der Waals surface area contributed by atoms with E-state index in [9.17, 15) is 4.79 Å². The highest BCUT2D eigenvalue weighted by Gasteiger charge is 2.17. The number of ether oxygens (including phenoxy) is 1. The smallest absolute Gasteiger partial charge is 0.412 e. The number of hydrogen-bond acceptors (Lipinski definition) is 3. The number of rotatable bonds is 2. The number of carbonyl (C=O) groups is 1. The molecule has 0 unspecified atom stereocenters. The first-order chi connectivity index (χ1) is 8.96. The van der Waals surface area contributed by atoms with E-state index in [1.165, 1.54) is 0 Å². The lowest BCUT2D eigenvalue weighted by atomic mass is 10.2. The molecule has 1 heterocycles. The van der Waals surface area contributed by atoms with Crippen molar-refractivity contribution < 1.29 is 9.53 Å². The molecule has 0 spiro atoms. The maximum Gasteiger partial charge on any atom is 0.412 e. The molecule has 2 rings (SSSR count). The summed E-state index contributed by atoms with van der Waals surface area (Å²) in [5, 5.41) is 6.89. The topological polar surface area (TPSA) is 56.1 Å². The van der Waals surface area contributed by atoms with Crippen molar-refractivity contribution in [2.24, 2.45) is 0 Å². The van der Waals surface area contributed by atoms with Crippen LogP contribution in [-0.4, -0.2) is 21.5 Å². The number of anilines is 1. The largest absolute Gasteiger partial charge is 0.444 e. The summed E-state index contributed by atoms with van der Waals surface area (Å²) in [7, 11) is 0. The summed E-state index contributed by atoms with van der Waals surface area (Å²) in [5.74, 6) is 0. The molecule has 0 aliphatic rings. The third-order valence-electron chi connectivity index (χ3n) is 2.29. The second kappa shape index (κ2) is 5.14. The molecular weight excluding hydrogens is 242 g/mol. The van der Waals surface area contributed by atoms with E-state index in [4.69, 9.17) is 4.74 Å². The van der Waals surface area contributed by atoms with Crippen LogP contribution in [0, 0.1) is 0 Å². The minimum Gasteiger partial charge on any atom is -0.444 e. The zero-order valence-electron chi connectivity index (χ0n) is 11.3. The molecule has 0 aliphatic carbocycles. The van der Waals surface area contributed by atoms with Gasteiger partial charge in [-0.3, -0.25) is 5.32 Å². The standard InChI is InChI=1S/C14H17N3O2/c1-14(2,3)19-13(18)16-11-7-4-5-8-12(11)17-10-6-9-15-17/h4-10H,1-3H3,(H,16,18). The first-order valence-electron chi connectivity index (χ1n) is 6.05. The first kappa shape index (κ1) is 13.1. The van der Waals surface area contributed by atoms with E-state index in [1.54, 1.807) is 16.9 Å². The summed E-state index contributed by atoms with van der Waals surface area (Å²) in [6.45, 7) is 5.48. The van der Waals surface area contributed by atoms with E-state index >= 15 is 0 Å². The van der Waals surface area contributed by atoms with Crippen molar-refractivity contribution in [3.05, 3.63) is 42.7 Å². The Labute approximate surface area is 112 Å². The Morgan fingerprint density at radius 3 is 2.63 bits per heavy atom. The molecule has 5 nitrogen and oxygen atoms in total. The lowest BCUT2D eigenvalue weighted by Gasteiger charge is -2.20. The molecule has 5 heteroatoms. The predicted octanol–water partition coefficient (Wildman–Crippen LogP) is 3.22. The fourth-order valence-electron chi connectivity index (χ4n) is 1.60. The monoisotopic (exact) mass is 259 g/mol. The van der Waals surface area contributed by atoms with Crippen molar-refractivity contribution in [1.82, 2.24) is 9.78 Å². The highest BCUT2D eigenvalue weighted by molar-refractivity contribution is 5.87. The number of nitrogens with one attached hydrogen (secondary N) is 1. The van der Waals surface area contributed by atoms with Crippen molar-refractivity contribution in [2.45, 2.75) is 26.4 Å². The number of aromatic nitrogens is 2. The van der Waals surface area contributed by atoms with E-state index in [2.05, 4.69) is 10.4 Å². The highest BCUT2D eigenvalue weighted by Crippen LogP contribution is 2.20. The van der Waals surface area contributed by atoms with Crippen molar-refractivity contribution in [3.8, 4) is 5.69 Å². The van der Waals surface area contributed by atoms with Gasteiger partial charge in [0, 0.05) is 12.4 Å². The van der Waals surface area contributed by atoms with Gasteiger partial charge in [0.2, 0.25) is 0 Å². The number of nitrogens with zero attached hydrogens (tertiary/aromatic N) is 2. The fourth-order valence-corrected chi connectivity index (χ4v) is 1.60. The summed E-state index contributed by atoms with van der Waals surface area (Å²) < 4.78 is 6.92. The normalized spacial score (nSPS) is 11.1. The molecule has 1 N–H and O–H groups in total. The molecule has 0 saturated heterocycles. The van der Waals surface area contributed by atoms with E-state index in [0.29, 0.717) is 5.69 Å². The predicted molar refractivity (Wildman–Crippen MR) is 73.4 cm³/mol. The van der Waals surface area contributed by atoms with Crippen LogP contribution in [0.4, 0.5) is 10.5 Å². The first-order valence-corrected chi connectivity index (χ1v) is 6.05. The van der Waals surface area contributed by atoms with Gasteiger partial charge in [-0.25, -0.2) is 9.48 Å². The molecule has 1 amide bonds. The Bertz CT molecular complexity index is 556. The highest BCUT2D eigenvalue weighted by atomic mass is 16.6. The SMILES string of the molecule is CC(C)(C)OC(=O)Nc1ccccc1-n1cccn1. The van der Waals surface area contributed by atoms with E-state index < -0.39 is 11.7 Å². The van der Waals surface area contributed by atoms with Crippen LogP contribution < -0.4 is 5.32 Å². The third kappa shape index (κ3) is 3.58. The zero-order chi connectivity index (χ0) is 13.9. The van der Waals surface area contributed by atoms with Gasteiger partial charge in [-0.1, -0.05) is 12.1 Å². The number of amides is 1. The molecule has 0 atom stereocenters. The number of carbonyl (C=O) groups excluding carboxylic acids is 1. The molecule has 0 fully saturated rings. The molecule has 1 aromatic heterocycles. The van der Waals surface area contributed by atoms with Crippen molar-refractivity contribution >= 4 is 11.8 Å². The number of hydrogen-bond donors (Lipinski definition) is 1. The summed E-state index contributed by atoms with van der Waals surface area (Å²) in [4.78, 5) is 11.8. The van der Waals surface area contributed by atoms with Crippen LogP contribution in [0.2, 0.25) is 0 Å². The van der Waals surface area contributed by atoms with Crippen LogP contribution in [0.15, 0.2) is 42.7 Å². The maximum absolute atomic E-state index is 11.8. The van der Waals surface area contributed by atoms with Gasteiger partial charge >= 0.3 is 6.09 Å². The molecule has 2 aromatic rings. The van der Waals surface area contributed by atoms with Crippen molar-refractivity contribution in [2.75, 3.05) is 5.32 Å². The Kier molecular flexibility index (Phi) is 3.55. The van der Waals surface area contributed by atoms with E-state index in [-0.39, 0.29) is 0 Å². The summed E-state index contributed by atoms with van der Waals surface area (Å²) in [6.07, 6.45) is 3.02. The van der Waals surface area contributed by atoms with Crippen LogP contribution in [0.3, 0.4) is 0 Å². The second-order valence-corrected chi connectivity index (χ2v) is 5.09. The minimum atomic E-state index is -0.523. The van der Waals surface area contributed by atoms with E-state index in [0.717, 1.165) is 5.69 Å². The molecule has 0 radical (unpaired) electrons. The van der Waals surface area contributed by atoms with Crippen LogP contribution in [-0.2, 0) is 4.74 Å². The molecule has 0 aliphatic heterocycles. The van der Waals surface area contributed by atoms with Crippen LogP contribution in [0.1, 0.15) is 20.8 Å². The Hall–Kier alpha value is -2.30. The maximum atomic E-state index is 11.8. The molecule has 100 valence electrons. The van der Waals surface area contributed by atoms with Crippen LogP contribution >= 0.6 is 0 Å². The van der Waals surface area contributed by atoms with Gasteiger partial charge in [-0.2, -0.15) is 5.10 Å². The van der Waals surface area contributed by atoms with Gasteiger partial charge < -0.3 is 4.74 Å². The summed E-state index contributed by atoms with van der Waals surface area (Å²) in [6, 6.07) is 9.24. The third-order valence-corrected chi connectivity index (χ3v) is 2.29. The van der Waals surface area contributed by atoms with Crippen LogP contribution in [0.5, 0.6) is 0 Å². The lowest BCUT2D eigenvalue weighted by Crippen LogP contribution is -2.27. The Morgan fingerprint density at radius 1 is 1.26 bits per heavy atom. The Balaban J connectivity index is 2.20. The molecule has 0 bridgehead atoms. The summed E-state index contributed by atoms with van der Waals surface area (Å²) in [5.41, 5.74) is 0.920. The van der Waals surface area contributed by atoms with Gasteiger partial charge in [-0.15, -0.1) is 0 Å². The van der Waals surface area contributed by atoms with Gasteiger partial charge in [0.05, 0.1) is 11.4 Å².